The highest BCUT2D eigenvalue weighted by atomic mass is 16.6. The number of hydrogen-bond acceptors (Lipinski definition) is 4. The van der Waals surface area contributed by atoms with Crippen LogP contribution in [0.1, 0.15) is 18.5 Å². The number of carbonyl (C=O) groups excluding carboxylic acids is 1. The maximum absolute atomic E-state index is 11.1. The van der Waals surface area contributed by atoms with Crippen molar-refractivity contribution in [1.29, 1.82) is 0 Å². The van der Waals surface area contributed by atoms with Crippen molar-refractivity contribution >= 4 is 6.09 Å². The first kappa shape index (κ1) is 11.5. The van der Waals surface area contributed by atoms with Gasteiger partial charge in [0.05, 0.1) is 12.6 Å². The van der Waals surface area contributed by atoms with E-state index in [2.05, 4.69) is 15.0 Å². The number of rotatable bonds is 4. The molecule has 82 valence electrons. The van der Waals surface area contributed by atoms with E-state index in [1.54, 1.807) is 12.4 Å². The first-order chi connectivity index (χ1) is 7.24. The third-order valence-electron chi connectivity index (χ3n) is 1.86. The van der Waals surface area contributed by atoms with Crippen LogP contribution in [0.15, 0.2) is 24.5 Å². The molecule has 0 saturated carbocycles. The van der Waals surface area contributed by atoms with Gasteiger partial charge in [0.1, 0.15) is 6.61 Å². The molecule has 0 aliphatic carbocycles. The van der Waals surface area contributed by atoms with Crippen molar-refractivity contribution in [2.75, 3.05) is 13.2 Å². The maximum Gasteiger partial charge on any atom is 0.407 e. The zero-order valence-electron chi connectivity index (χ0n) is 8.51. The minimum atomic E-state index is -0.534. The molecule has 1 rings (SSSR count). The molecule has 1 unspecified atom stereocenters. The Morgan fingerprint density at radius 3 is 2.87 bits per heavy atom. The standard InChI is InChI=1S/C10H14N2O3/c1-8(9-2-4-11-5-3-9)12-10(14)15-7-6-13/h2-5,8,13H,6-7H2,1H3,(H,12,14). The van der Waals surface area contributed by atoms with E-state index in [0.29, 0.717) is 0 Å². The van der Waals surface area contributed by atoms with E-state index in [9.17, 15) is 4.79 Å². The Morgan fingerprint density at radius 1 is 1.60 bits per heavy atom. The number of aliphatic hydroxyl groups is 1. The van der Waals surface area contributed by atoms with E-state index in [0.717, 1.165) is 5.56 Å². The van der Waals surface area contributed by atoms with Crippen LogP contribution >= 0.6 is 0 Å². The van der Waals surface area contributed by atoms with Crippen molar-refractivity contribution in [2.45, 2.75) is 13.0 Å². The van der Waals surface area contributed by atoms with Crippen LogP contribution in [0.25, 0.3) is 0 Å². The fourth-order valence-electron chi connectivity index (χ4n) is 1.09. The van der Waals surface area contributed by atoms with Gasteiger partial charge in [0.15, 0.2) is 0 Å². The SMILES string of the molecule is CC(NC(=O)OCCO)c1ccncc1. The minimum absolute atomic E-state index is 0.00883. The molecule has 5 heteroatoms. The summed E-state index contributed by atoms with van der Waals surface area (Å²) in [5.41, 5.74) is 0.950. The zero-order valence-corrected chi connectivity index (χ0v) is 8.51. The average Bonchev–Trinajstić information content (AvgIpc) is 2.27. The van der Waals surface area contributed by atoms with Crippen molar-refractivity contribution in [3.8, 4) is 0 Å². The summed E-state index contributed by atoms with van der Waals surface area (Å²) in [6.45, 7) is 1.68. The molecule has 0 aliphatic heterocycles. The van der Waals surface area contributed by atoms with Crippen molar-refractivity contribution in [3.05, 3.63) is 30.1 Å². The van der Waals surface area contributed by atoms with Gasteiger partial charge in [-0.25, -0.2) is 4.79 Å². The Bertz CT molecular complexity index is 303. The molecule has 1 aromatic rings. The Balaban J connectivity index is 2.42. The summed E-state index contributed by atoms with van der Waals surface area (Å²) in [5, 5.41) is 11.1. The van der Waals surface area contributed by atoms with Gasteiger partial charge in [-0.2, -0.15) is 0 Å². The van der Waals surface area contributed by atoms with Gasteiger partial charge in [-0.05, 0) is 24.6 Å². The fraction of sp³-hybridized carbons (Fsp3) is 0.400. The first-order valence-corrected chi connectivity index (χ1v) is 4.68. The topological polar surface area (TPSA) is 71.5 Å². The zero-order chi connectivity index (χ0) is 11.1. The molecule has 0 aliphatic rings. The van der Waals surface area contributed by atoms with Crippen molar-refractivity contribution in [2.24, 2.45) is 0 Å². The average molecular weight is 210 g/mol. The number of ether oxygens (including phenoxy) is 1. The number of nitrogens with zero attached hydrogens (tertiary/aromatic N) is 1. The Labute approximate surface area is 88.1 Å². The summed E-state index contributed by atoms with van der Waals surface area (Å²) >= 11 is 0. The van der Waals surface area contributed by atoms with Gasteiger partial charge in [0, 0.05) is 12.4 Å². The molecule has 0 bridgehead atoms. The van der Waals surface area contributed by atoms with Gasteiger partial charge in [-0.15, -0.1) is 0 Å². The van der Waals surface area contributed by atoms with E-state index < -0.39 is 6.09 Å². The van der Waals surface area contributed by atoms with Crippen molar-refractivity contribution in [1.82, 2.24) is 10.3 Å². The predicted molar refractivity (Wildman–Crippen MR) is 54.2 cm³/mol. The summed E-state index contributed by atoms with van der Waals surface area (Å²) in [7, 11) is 0. The van der Waals surface area contributed by atoms with Crippen LogP contribution in [0.2, 0.25) is 0 Å². The Hall–Kier alpha value is -1.62. The third-order valence-corrected chi connectivity index (χ3v) is 1.86. The van der Waals surface area contributed by atoms with Crippen LogP contribution in [0.3, 0.4) is 0 Å². The van der Waals surface area contributed by atoms with Crippen LogP contribution in [0.5, 0.6) is 0 Å². The van der Waals surface area contributed by atoms with Gasteiger partial charge in [0.25, 0.3) is 0 Å². The largest absolute Gasteiger partial charge is 0.447 e. The van der Waals surface area contributed by atoms with Gasteiger partial charge in [0.2, 0.25) is 0 Å². The lowest BCUT2D eigenvalue weighted by atomic mass is 10.1. The smallest absolute Gasteiger partial charge is 0.407 e. The summed E-state index contributed by atoms with van der Waals surface area (Å²) in [4.78, 5) is 15.0. The number of aliphatic hydroxyl groups excluding tert-OH is 1. The number of hydrogen-bond donors (Lipinski definition) is 2. The highest BCUT2D eigenvalue weighted by Crippen LogP contribution is 2.09. The first-order valence-electron chi connectivity index (χ1n) is 4.68. The minimum Gasteiger partial charge on any atom is -0.447 e. The second kappa shape index (κ2) is 5.98. The van der Waals surface area contributed by atoms with Crippen LogP contribution in [0.4, 0.5) is 4.79 Å². The third kappa shape index (κ3) is 3.95. The number of nitrogens with one attached hydrogen (secondary N) is 1. The Morgan fingerprint density at radius 2 is 2.27 bits per heavy atom. The van der Waals surface area contributed by atoms with Crippen LogP contribution in [-0.4, -0.2) is 29.4 Å². The van der Waals surface area contributed by atoms with Gasteiger partial charge < -0.3 is 15.2 Å². The fourth-order valence-corrected chi connectivity index (χ4v) is 1.09. The van der Waals surface area contributed by atoms with Crippen molar-refractivity contribution in [3.63, 3.8) is 0 Å². The second-order valence-electron chi connectivity index (χ2n) is 3.01. The molecule has 1 atom stereocenters. The summed E-state index contributed by atoms with van der Waals surface area (Å²) in [5.74, 6) is 0. The number of pyridine rings is 1. The van der Waals surface area contributed by atoms with Gasteiger partial charge in [-0.1, -0.05) is 0 Å². The molecule has 5 nitrogen and oxygen atoms in total. The lowest BCUT2D eigenvalue weighted by Crippen LogP contribution is -2.28. The van der Waals surface area contributed by atoms with E-state index in [-0.39, 0.29) is 19.3 Å². The maximum atomic E-state index is 11.1. The van der Waals surface area contributed by atoms with Crippen LogP contribution in [0, 0.1) is 0 Å². The highest BCUT2D eigenvalue weighted by molar-refractivity contribution is 5.67. The quantitative estimate of drug-likeness (QED) is 0.773. The van der Waals surface area contributed by atoms with Crippen molar-refractivity contribution < 1.29 is 14.6 Å². The molecule has 1 aromatic heterocycles. The molecule has 15 heavy (non-hydrogen) atoms. The predicted octanol–water partition coefficient (Wildman–Crippen LogP) is 0.861. The summed E-state index contributed by atoms with van der Waals surface area (Å²) in [6, 6.07) is 3.49. The second-order valence-corrected chi connectivity index (χ2v) is 3.01. The normalized spacial score (nSPS) is 11.9. The highest BCUT2D eigenvalue weighted by Gasteiger charge is 2.09. The molecular weight excluding hydrogens is 196 g/mol. The molecule has 0 radical (unpaired) electrons. The lowest BCUT2D eigenvalue weighted by Gasteiger charge is -2.13. The van der Waals surface area contributed by atoms with E-state index in [1.165, 1.54) is 0 Å². The summed E-state index contributed by atoms with van der Waals surface area (Å²) < 4.78 is 4.67. The van der Waals surface area contributed by atoms with E-state index in [4.69, 9.17) is 5.11 Å². The molecule has 1 amide bonds. The molecule has 0 saturated heterocycles. The molecular formula is C10H14N2O3. The molecule has 0 aromatic carbocycles. The van der Waals surface area contributed by atoms with Crippen LogP contribution in [-0.2, 0) is 4.74 Å². The van der Waals surface area contributed by atoms with Gasteiger partial charge in [-0.3, -0.25) is 4.98 Å². The van der Waals surface area contributed by atoms with Crippen LogP contribution < -0.4 is 5.32 Å². The summed E-state index contributed by atoms with van der Waals surface area (Å²) in [6.07, 6.45) is 2.78. The monoisotopic (exact) mass is 210 g/mol. The number of amides is 1. The van der Waals surface area contributed by atoms with E-state index >= 15 is 0 Å². The number of alkyl carbamates (subject to hydrolysis) is 1. The molecule has 0 spiro atoms. The Kier molecular flexibility index (Phi) is 4.56. The lowest BCUT2D eigenvalue weighted by molar-refractivity contribution is 0.116. The molecule has 0 fully saturated rings. The van der Waals surface area contributed by atoms with Gasteiger partial charge >= 0.3 is 6.09 Å². The van der Waals surface area contributed by atoms with E-state index in [1.807, 2.05) is 19.1 Å². The number of carbonyl (C=O) groups is 1. The molecule has 2 N–H and O–H groups in total. The number of aromatic nitrogens is 1. The molecule has 1 heterocycles.